The number of benzene rings is 4. The van der Waals surface area contributed by atoms with Crippen LogP contribution in [0.1, 0.15) is 30.9 Å². The Bertz CT molecular complexity index is 1720. The topological polar surface area (TPSA) is 130 Å². The van der Waals surface area contributed by atoms with Crippen LogP contribution in [0.15, 0.2) is 114 Å². The molecule has 2 amide bonds. The third-order valence-electron chi connectivity index (χ3n) is 7.33. The lowest BCUT2D eigenvalue weighted by atomic mass is 10.0. The smallest absolute Gasteiger partial charge is 0.269 e. The zero-order valence-corrected chi connectivity index (χ0v) is 26.1. The number of nitro groups is 1. The molecule has 0 bridgehead atoms. The highest BCUT2D eigenvalue weighted by Gasteiger charge is 2.34. The number of unbranched alkanes of at least 4 members (excludes halogenated alkanes) is 1. The van der Waals surface area contributed by atoms with Gasteiger partial charge in [-0.15, -0.1) is 0 Å². The van der Waals surface area contributed by atoms with Crippen LogP contribution >= 0.6 is 0 Å². The van der Waals surface area contributed by atoms with E-state index in [4.69, 9.17) is 0 Å². The fourth-order valence-electron chi connectivity index (χ4n) is 4.84. The molecule has 10 nitrogen and oxygen atoms in total. The van der Waals surface area contributed by atoms with Gasteiger partial charge in [-0.3, -0.25) is 24.0 Å². The number of amides is 2. The molecule has 0 aromatic heterocycles. The molecule has 0 fully saturated rings. The van der Waals surface area contributed by atoms with E-state index >= 15 is 0 Å². The number of non-ortho nitro benzene ring substituents is 1. The molecular weight excluding hydrogens is 611 g/mol. The molecule has 0 aliphatic rings. The fraction of sp³-hybridized carbons (Fsp3) is 0.235. The number of nitro benzene ring substituents is 1. The number of halogens is 1. The molecule has 4 aromatic rings. The minimum Gasteiger partial charge on any atom is -0.354 e. The molecule has 0 aliphatic heterocycles. The van der Waals surface area contributed by atoms with Gasteiger partial charge in [-0.1, -0.05) is 74.0 Å². The van der Waals surface area contributed by atoms with Crippen LogP contribution in [0.25, 0.3) is 0 Å². The van der Waals surface area contributed by atoms with Crippen LogP contribution in [0.3, 0.4) is 0 Å². The third kappa shape index (κ3) is 8.75. The van der Waals surface area contributed by atoms with Crippen molar-refractivity contribution in [3.8, 4) is 0 Å². The quantitative estimate of drug-likeness (QED) is 0.103. The number of carbonyl (C=O) groups excluding carboxylic acids is 2. The first-order chi connectivity index (χ1) is 22.1. The van der Waals surface area contributed by atoms with Crippen molar-refractivity contribution in [2.75, 3.05) is 17.4 Å². The summed E-state index contributed by atoms with van der Waals surface area (Å²) in [6.45, 7) is 1.54. The first kappa shape index (κ1) is 33.8. The second kappa shape index (κ2) is 15.8. The van der Waals surface area contributed by atoms with E-state index in [1.54, 1.807) is 18.2 Å². The number of anilines is 1. The highest BCUT2D eigenvalue weighted by Crippen LogP contribution is 2.27. The highest BCUT2D eigenvalue weighted by atomic mass is 32.2. The maximum Gasteiger partial charge on any atom is 0.269 e. The van der Waals surface area contributed by atoms with E-state index in [0.717, 1.165) is 34.8 Å². The van der Waals surface area contributed by atoms with Gasteiger partial charge < -0.3 is 10.2 Å². The summed E-state index contributed by atoms with van der Waals surface area (Å²) < 4.78 is 42.6. The number of sulfonamides is 1. The van der Waals surface area contributed by atoms with Gasteiger partial charge in [-0.25, -0.2) is 12.8 Å². The van der Waals surface area contributed by atoms with Crippen LogP contribution in [0.2, 0.25) is 0 Å². The number of hydrogen-bond donors (Lipinski definition) is 1. The average Bonchev–Trinajstić information content (AvgIpc) is 3.07. The molecule has 1 N–H and O–H groups in total. The van der Waals surface area contributed by atoms with E-state index in [1.165, 1.54) is 53.4 Å². The van der Waals surface area contributed by atoms with Crippen LogP contribution < -0.4 is 9.62 Å². The number of nitrogens with zero attached hydrogens (tertiary/aromatic N) is 3. The molecule has 1 unspecified atom stereocenters. The molecule has 46 heavy (non-hydrogen) atoms. The summed E-state index contributed by atoms with van der Waals surface area (Å²) in [6.07, 6.45) is 1.69. The van der Waals surface area contributed by atoms with Gasteiger partial charge in [0.1, 0.15) is 18.4 Å². The summed E-state index contributed by atoms with van der Waals surface area (Å²) in [4.78, 5) is 40.0. The van der Waals surface area contributed by atoms with Gasteiger partial charge in [0.15, 0.2) is 0 Å². The van der Waals surface area contributed by atoms with Crippen LogP contribution in [0, 0.1) is 15.9 Å². The predicted octanol–water partition coefficient (Wildman–Crippen LogP) is 5.49. The van der Waals surface area contributed by atoms with Crippen molar-refractivity contribution in [2.24, 2.45) is 0 Å². The summed E-state index contributed by atoms with van der Waals surface area (Å²) in [7, 11) is -4.35. The van der Waals surface area contributed by atoms with Crippen LogP contribution in [0.5, 0.6) is 0 Å². The maximum absolute atomic E-state index is 14.4. The Morgan fingerprint density at radius 2 is 1.48 bits per heavy atom. The monoisotopic (exact) mass is 646 g/mol. The zero-order valence-electron chi connectivity index (χ0n) is 25.3. The van der Waals surface area contributed by atoms with Gasteiger partial charge in [-0.2, -0.15) is 0 Å². The largest absolute Gasteiger partial charge is 0.354 e. The zero-order chi connectivity index (χ0) is 33.1. The van der Waals surface area contributed by atoms with Crippen molar-refractivity contribution < 1.29 is 27.3 Å². The summed E-state index contributed by atoms with van der Waals surface area (Å²) in [5, 5.41) is 14.2. The van der Waals surface area contributed by atoms with E-state index in [9.17, 15) is 32.5 Å². The minimum absolute atomic E-state index is 0.0246. The Balaban J connectivity index is 1.79. The standard InChI is InChI=1S/C34H35FN4O6S/c1-2-3-22-36-34(41)32(23-26-10-6-4-7-11-26)37(24-27-14-16-28(35)17-15-27)33(40)25-38(29-18-20-30(21-19-29)39(42)43)46(44,45)31-12-8-5-9-13-31/h4-21,32H,2-3,22-25H2,1H3,(H,36,41). The molecule has 240 valence electrons. The number of nitrogens with one attached hydrogen (secondary N) is 1. The molecule has 0 radical (unpaired) electrons. The Morgan fingerprint density at radius 3 is 2.07 bits per heavy atom. The molecule has 0 heterocycles. The highest BCUT2D eigenvalue weighted by molar-refractivity contribution is 7.92. The lowest BCUT2D eigenvalue weighted by Gasteiger charge is -2.34. The van der Waals surface area contributed by atoms with Crippen molar-refractivity contribution in [3.05, 3.63) is 136 Å². The Hall–Kier alpha value is -5.10. The molecule has 0 aliphatic carbocycles. The molecule has 12 heteroatoms. The van der Waals surface area contributed by atoms with Gasteiger partial charge in [0, 0.05) is 31.6 Å². The van der Waals surface area contributed by atoms with Gasteiger partial charge in [0.05, 0.1) is 15.5 Å². The minimum atomic E-state index is -4.35. The fourth-order valence-corrected chi connectivity index (χ4v) is 6.27. The van der Waals surface area contributed by atoms with E-state index < -0.39 is 45.2 Å². The van der Waals surface area contributed by atoms with E-state index in [0.29, 0.717) is 12.1 Å². The molecule has 0 saturated carbocycles. The molecule has 4 rings (SSSR count). The molecule has 0 saturated heterocycles. The molecule has 0 spiro atoms. The molecular formula is C34H35FN4O6S. The van der Waals surface area contributed by atoms with E-state index in [-0.39, 0.29) is 29.2 Å². The second-order valence-electron chi connectivity index (χ2n) is 10.6. The first-order valence-electron chi connectivity index (χ1n) is 14.8. The second-order valence-corrected chi connectivity index (χ2v) is 12.5. The van der Waals surface area contributed by atoms with Gasteiger partial charge >= 0.3 is 0 Å². The van der Waals surface area contributed by atoms with E-state index in [1.807, 2.05) is 37.3 Å². The number of carbonyl (C=O) groups is 2. The van der Waals surface area contributed by atoms with Crippen molar-refractivity contribution in [3.63, 3.8) is 0 Å². The Morgan fingerprint density at radius 1 is 0.870 bits per heavy atom. The summed E-state index contributed by atoms with van der Waals surface area (Å²) >= 11 is 0. The lowest BCUT2D eigenvalue weighted by molar-refractivity contribution is -0.384. The molecule has 4 aromatic carbocycles. The third-order valence-corrected chi connectivity index (χ3v) is 9.11. The first-order valence-corrected chi connectivity index (χ1v) is 16.2. The van der Waals surface area contributed by atoms with Crippen LogP contribution in [-0.4, -0.2) is 49.2 Å². The summed E-state index contributed by atoms with van der Waals surface area (Å²) in [6, 6.07) is 25.9. The predicted molar refractivity (Wildman–Crippen MR) is 173 cm³/mol. The van der Waals surface area contributed by atoms with Crippen molar-refractivity contribution in [1.82, 2.24) is 10.2 Å². The average molecular weight is 647 g/mol. The SMILES string of the molecule is CCCCNC(=O)C(Cc1ccccc1)N(Cc1ccc(F)cc1)C(=O)CN(c1ccc([N+](=O)[O-])cc1)S(=O)(=O)c1ccccc1. The van der Waals surface area contributed by atoms with Crippen molar-refractivity contribution in [1.29, 1.82) is 0 Å². The number of rotatable bonds is 15. The van der Waals surface area contributed by atoms with Gasteiger partial charge in [0.2, 0.25) is 11.8 Å². The molecule has 1 atom stereocenters. The van der Waals surface area contributed by atoms with Crippen LogP contribution in [-0.2, 0) is 32.6 Å². The Kier molecular flexibility index (Phi) is 11.6. The van der Waals surface area contributed by atoms with Gasteiger partial charge in [-0.05, 0) is 53.9 Å². The van der Waals surface area contributed by atoms with E-state index in [2.05, 4.69) is 5.32 Å². The van der Waals surface area contributed by atoms with Crippen molar-refractivity contribution >= 4 is 33.2 Å². The van der Waals surface area contributed by atoms with Crippen LogP contribution in [0.4, 0.5) is 15.8 Å². The Labute approximate surface area is 267 Å². The normalized spacial score (nSPS) is 11.8. The maximum atomic E-state index is 14.4. The lowest BCUT2D eigenvalue weighted by Crippen LogP contribution is -2.53. The summed E-state index contributed by atoms with van der Waals surface area (Å²) in [5.41, 5.74) is 1.08. The number of hydrogen-bond acceptors (Lipinski definition) is 6. The van der Waals surface area contributed by atoms with Crippen molar-refractivity contribution in [2.45, 2.75) is 43.7 Å². The van der Waals surface area contributed by atoms with Gasteiger partial charge in [0.25, 0.3) is 15.7 Å². The summed E-state index contributed by atoms with van der Waals surface area (Å²) in [5.74, 6) is -1.59.